The van der Waals surface area contributed by atoms with Gasteiger partial charge in [-0.25, -0.2) is 14.4 Å². The summed E-state index contributed by atoms with van der Waals surface area (Å²) < 4.78 is 15.4. The molecule has 0 saturated heterocycles. The van der Waals surface area contributed by atoms with Gasteiger partial charge < -0.3 is 9.97 Å². The van der Waals surface area contributed by atoms with E-state index in [0.717, 1.165) is 27.9 Å². The number of fused-ring (bicyclic) bond motifs is 2. The Labute approximate surface area is 175 Å². The van der Waals surface area contributed by atoms with E-state index in [4.69, 9.17) is 0 Å². The number of aromatic amines is 2. The van der Waals surface area contributed by atoms with E-state index in [1.165, 1.54) is 0 Å². The molecule has 4 heterocycles. The highest BCUT2D eigenvalue weighted by atomic mass is 19.1. The summed E-state index contributed by atoms with van der Waals surface area (Å²) >= 11 is 0. The summed E-state index contributed by atoms with van der Waals surface area (Å²) in [6, 6.07) is 8.04. The van der Waals surface area contributed by atoms with E-state index in [9.17, 15) is 5.26 Å². The molecule has 0 fully saturated rings. The van der Waals surface area contributed by atoms with Crippen LogP contribution >= 0.6 is 0 Å². The second-order valence-corrected chi connectivity index (χ2v) is 9.66. The van der Waals surface area contributed by atoms with Gasteiger partial charge in [0, 0.05) is 17.3 Å². The molecular formula is C24H26FN5. The van der Waals surface area contributed by atoms with Gasteiger partial charge in [0.15, 0.2) is 5.82 Å². The molecule has 4 aromatic rings. The van der Waals surface area contributed by atoms with Crippen LogP contribution in [-0.4, -0.2) is 19.9 Å². The summed E-state index contributed by atoms with van der Waals surface area (Å²) in [6.07, 6.45) is 2.33. The third-order valence-corrected chi connectivity index (χ3v) is 5.78. The number of rotatable bonds is 3. The van der Waals surface area contributed by atoms with Crippen molar-refractivity contribution in [3.63, 3.8) is 0 Å². The largest absolute Gasteiger partial charge is 0.346 e. The topological polar surface area (TPSA) is 81.2 Å². The molecule has 0 aromatic carbocycles. The zero-order chi connectivity index (χ0) is 21.8. The molecule has 0 aliphatic heterocycles. The van der Waals surface area contributed by atoms with Crippen LogP contribution in [0.25, 0.3) is 22.1 Å². The molecule has 4 rings (SSSR count). The quantitative estimate of drug-likeness (QED) is 0.469. The van der Waals surface area contributed by atoms with Crippen LogP contribution in [0, 0.1) is 24.1 Å². The fourth-order valence-corrected chi connectivity index (χ4v) is 4.21. The summed E-state index contributed by atoms with van der Waals surface area (Å²) in [5.41, 5.74) is 4.19. The van der Waals surface area contributed by atoms with E-state index in [1.807, 2.05) is 40.0 Å². The van der Waals surface area contributed by atoms with Crippen LogP contribution in [0.3, 0.4) is 0 Å². The molecule has 0 unspecified atom stereocenters. The first-order chi connectivity index (χ1) is 14.0. The zero-order valence-electron chi connectivity index (χ0n) is 18.2. The van der Waals surface area contributed by atoms with E-state index in [0.29, 0.717) is 28.8 Å². The molecular weight excluding hydrogens is 377 g/mol. The normalized spacial score (nSPS) is 12.6. The Balaban J connectivity index is 1.80. The van der Waals surface area contributed by atoms with Gasteiger partial charge in [0.1, 0.15) is 23.1 Å². The summed E-state index contributed by atoms with van der Waals surface area (Å²) in [7, 11) is 0. The minimum atomic E-state index is -0.352. The van der Waals surface area contributed by atoms with Gasteiger partial charge in [-0.3, -0.25) is 0 Å². The Bertz CT molecular complexity index is 1310. The first kappa shape index (κ1) is 20.1. The highest BCUT2D eigenvalue weighted by Gasteiger charge is 2.29. The molecule has 4 aromatic heterocycles. The van der Waals surface area contributed by atoms with Crippen molar-refractivity contribution in [3.8, 4) is 6.07 Å². The lowest BCUT2D eigenvalue weighted by atomic mass is 9.79. The lowest BCUT2D eigenvalue weighted by Crippen LogP contribution is -2.23. The van der Waals surface area contributed by atoms with Gasteiger partial charge in [-0.1, -0.05) is 34.6 Å². The Morgan fingerprint density at radius 3 is 2.47 bits per heavy atom. The van der Waals surface area contributed by atoms with Gasteiger partial charge in [0.25, 0.3) is 0 Å². The minimum Gasteiger partial charge on any atom is -0.346 e. The van der Waals surface area contributed by atoms with Crippen molar-refractivity contribution in [1.82, 2.24) is 19.9 Å². The van der Waals surface area contributed by atoms with Crippen LogP contribution in [-0.2, 0) is 17.3 Å². The van der Waals surface area contributed by atoms with Crippen molar-refractivity contribution < 1.29 is 4.39 Å². The smallest absolute Gasteiger partial charge is 0.153 e. The van der Waals surface area contributed by atoms with Crippen molar-refractivity contribution >= 4 is 22.1 Å². The number of H-pyrrole nitrogens is 2. The molecule has 2 N–H and O–H groups in total. The molecule has 0 atom stereocenters. The maximum Gasteiger partial charge on any atom is 0.153 e. The summed E-state index contributed by atoms with van der Waals surface area (Å²) in [6.45, 7) is 12.2. The third kappa shape index (κ3) is 3.24. The number of nitrogens with one attached hydrogen (secondary N) is 2. The molecule has 0 aliphatic rings. The minimum absolute atomic E-state index is 0.297. The van der Waals surface area contributed by atoms with Crippen LogP contribution in [0.2, 0.25) is 0 Å². The van der Waals surface area contributed by atoms with Gasteiger partial charge >= 0.3 is 0 Å². The number of hydrogen-bond donors (Lipinski definition) is 2. The Hall–Kier alpha value is -3.20. The molecule has 0 spiro atoms. The van der Waals surface area contributed by atoms with E-state index in [-0.39, 0.29) is 16.6 Å². The number of aromatic nitrogens is 4. The zero-order valence-corrected chi connectivity index (χ0v) is 18.2. The summed E-state index contributed by atoms with van der Waals surface area (Å²) in [4.78, 5) is 15.3. The molecule has 154 valence electrons. The van der Waals surface area contributed by atoms with Gasteiger partial charge in [-0.2, -0.15) is 5.26 Å². The summed E-state index contributed by atoms with van der Waals surface area (Å²) in [5.74, 6) is -0.297. The van der Waals surface area contributed by atoms with E-state index in [1.54, 1.807) is 6.07 Å². The fraction of sp³-hybridized carbons (Fsp3) is 0.375. The SMILES string of the molecule is Cc1nc2[nH]ccc2cc1C(C)(C)Cc1[nH]c2nc(C#N)c(C(C)(C)C)cc2c1F. The molecule has 0 radical (unpaired) electrons. The van der Waals surface area contributed by atoms with Crippen LogP contribution in [0.1, 0.15) is 62.8 Å². The molecule has 30 heavy (non-hydrogen) atoms. The molecule has 0 saturated carbocycles. The van der Waals surface area contributed by atoms with Gasteiger partial charge in [-0.05, 0) is 53.5 Å². The highest BCUT2D eigenvalue weighted by molar-refractivity contribution is 5.80. The molecule has 0 amide bonds. The van der Waals surface area contributed by atoms with Crippen molar-refractivity contribution in [2.75, 3.05) is 0 Å². The Morgan fingerprint density at radius 1 is 1.07 bits per heavy atom. The van der Waals surface area contributed by atoms with Crippen LogP contribution in [0.4, 0.5) is 4.39 Å². The van der Waals surface area contributed by atoms with Crippen molar-refractivity contribution in [2.24, 2.45) is 0 Å². The number of nitriles is 1. The fourth-order valence-electron chi connectivity index (χ4n) is 4.21. The third-order valence-electron chi connectivity index (χ3n) is 5.78. The molecule has 5 nitrogen and oxygen atoms in total. The maximum absolute atomic E-state index is 15.4. The van der Waals surface area contributed by atoms with E-state index < -0.39 is 0 Å². The van der Waals surface area contributed by atoms with E-state index in [2.05, 4.69) is 45.9 Å². The molecule has 0 bridgehead atoms. The van der Waals surface area contributed by atoms with Gasteiger partial charge in [0.2, 0.25) is 0 Å². The average Bonchev–Trinajstić information content (AvgIpc) is 3.23. The van der Waals surface area contributed by atoms with Crippen LogP contribution in [0.5, 0.6) is 0 Å². The number of aryl methyl sites for hydroxylation is 1. The average molecular weight is 404 g/mol. The monoisotopic (exact) mass is 403 g/mol. The Morgan fingerprint density at radius 2 is 1.80 bits per heavy atom. The number of halogens is 1. The van der Waals surface area contributed by atoms with Crippen molar-refractivity contribution in [1.29, 1.82) is 5.26 Å². The predicted molar refractivity (Wildman–Crippen MR) is 117 cm³/mol. The van der Waals surface area contributed by atoms with Gasteiger partial charge in [-0.15, -0.1) is 0 Å². The molecule has 6 heteroatoms. The second-order valence-electron chi connectivity index (χ2n) is 9.66. The Kier molecular flexibility index (Phi) is 4.46. The standard InChI is InChI=1S/C24H26FN5/c1-13-16(9-14-7-8-27-21(14)28-13)24(5,6)11-18-20(25)15-10-17(23(2,3)4)19(12-26)30-22(15)29-18/h7-10H,11H2,1-6H3,(H,27,28)(H,29,30). The lowest BCUT2D eigenvalue weighted by Gasteiger charge is -2.26. The number of hydrogen-bond acceptors (Lipinski definition) is 3. The van der Waals surface area contributed by atoms with Crippen molar-refractivity contribution in [3.05, 3.63) is 58.4 Å². The lowest BCUT2D eigenvalue weighted by molar-refractivity contribution is 0.493. The van der Waals surface area contributed by atoms with Crippen LogP contribution in [0.15, 0.2) is 24.4 Å². The predicted octanol–water partition coefficient (Wildman–Crippen LogP) is 5.58. The first-order valence-corrected chi connectivity index (χ1v) is 10.1. The maximum atomic E-state index is 15.4. The van der Waals surface area contributed by atoms with Gasteiger partial charge in [0.05, 0.1) is 11.1 Å². The van der Waals surface area contributed by atoms with Crippen molar-refractivity contribution in [2.45, 2.75) is 58.8 Å². The number of nitrogens with zero attached hydrogens (tertiary/aromatic N) is 3. The number of pyridine rings is 2. The first-order valence-electron chi connectivity index (χ1n) is 10.1. The highest BCUT2D eigenvalue weighted by Crippen LogP contribution is 2.35. The van der Waals surface area contributed by atoms with Crippen LogP contribution < -0.4 is 0 Å². The summed E-state index contributed by atoms with van der Waals surface area (Å²) in [5, 5.41) is 11.0. The molecule has 0 aliphatic carbocycles. The second kappa shape index (κ2) is 6.66. The van der Waals surface area contributed by atoms with E-state index >= 15 is 4.39 Å².